The first-order valence-electron chi connectivity index (χ1n) is 9.19. The van der Waals surface area contributed by atoms with Gasteiger partial charge in [0.05, 0.1) is 17.7 Å². The monoisotopic (exact) mass is 427 g/mol. The molecule has 0 spiro atoms. The third kappa shape index (κ3) is 4.30. The lowest BCUT2D eigenvalue weighted by molar-refractivity contribution is -0.180. The van der Waals surface area contributed by atoms with Crippen molar-refractivity contribution in [3.8, 4) is 17.8 Å². The first-order valence-corrected chi connectivity index (χ1v) is 9.73. The van der Waals surface area contributed by atoms with Crippen molar-refractivity contribution in [1.82, 2.24) is 9.55 Å². The Hall–Kier alpha value is -2.40. The van der Waals surface area contributed by atoms with Crippen molar-refractivity contribution in [2.24, 2.45) is 0 Å². The second kappa shape index (κ2) is 8.15. The first kappa shape index (κ1) is 21.3. The topological polar surface area (TPSA) is 60.1 Å². The number of hydrogen-bond acceptors (Lipinski definition) is 4. The summed E-state index contributed by atoms with van der Waals surface area (Å²) in [6.45, 7) is 2.99. The van der Waals surface area contributed by atoms with Crippen LogP contribution in [0.5, 0.6) is 11.8 Å². The van der Waals surface area contributed by atoms with E-state index in [0.717, 1.165) is 26.0 Å². The molecule has 1 aromatic heterocycles. The standard InChI is InChI=1S/C20H21ClF3N3O2/c1-19(2,20(22,23)24)13-5-7-14(8-6-13)28-12-15-11-27-17(4-3-9-21)16(10-25)26-18(27)29-15/h5-8,15H,3-4,9,11-12H2,1-2H3/t15-/m0/s1. The number of alkyl halides is 4. The van der Waals surface area contributed by atoms with Crippen LogP contribution < -0.4 is 9.47 Å². The number of aromatic nitrogens is 2. The van der Waals surface area contributed by atoms with Crippen LogP contribution in [0.15, 0.2) is 24.3 Å². The lowest BCUT2D eigenvalue weighted by Gasteiger charge is -2.28. The van der Waals surface area contributed by atoms with Gasteiger partial charge in [0.25, 0.3) is 6.01 Å². The van der Waals surface area contributed by atoms with Crippen molar-refractivity contribution in [1.29, 1.82) is 5.26 Å². The molecule has 0 radical (unpaired) electrons. The average Bonchev–Trinajstić information content (AvgIpc) is 3.21. The number of halogens is 4. The van der Waals surface area contributed by atoms with E-state index >= 15 is 0 Å². The van der Waals surface area contributed by atoms with Gasteiger partial charge in [-0.05, 0) is 44.4 Å². The molecule has 0 fully saturated rings. The van der Waals surface area contributed by atoms with E-state index in [2.05, 4.69) is 11.1 Å². The van der Waals surface area contributed by atoms with Gasteiger partial charge in [-0.2, -0.15) is 23.4 Å². The summed E-state index contributed by atoms with van der Waals surface area (Å²) >= 11 is 5.75. The minimum atomic E-state index is -4.34. The van der Waals surface area contributed by atoms with E-state index in [0.29, 0.717) is 36.3 Å². The summed E-state index contributed by atoms with van der Waals surface area (Å²) in [4.78, 5) is 4.20. The summed E-state index contributed by atoms with van der Waals surface area (Å²) in [5.41, 5.74) is -0.632. The molecule has 3 rings (SSSR count). The highest BCUT2D eigenvalue weighted by Crippen LogP contribution is 2.40. The second-order valence-electron chi connectivity index (χ2n) is 7.40. The number of nitrogens with zero attached hydrogens (tertiary/aromatic N) is 3. The van der Waals surface area contributed by atoms with Crippen molar-refractivity contribution in [3.63, 3.8) is 0 Å². The highest BCUT2D eigenvalue weighted by molar-refractivity contribution is 6.17. The van der Waals surface area contributed by atoms with Crippen LogP contribution >= 0.6 is 11.6 Å². The van der Waals surface area contributed by atoms with Crippen LogP contribution in [0.25, 0.3) is 0 Å². The van der Waals surface area contributed by atoms with Gasteiger partial charge >= 0.3 is 6.18 Å². The molecule has 0 aliphatic carbocycles. The number of rotatable bonds is 7. The maximum absolute atomic E-state index is 13.2. The molecular weight excluding hydrogens is 407 g/mol. The van der Waals surface area contributed by atoms with Gasteiger partial charge in [0.15, 0.2) is 11.8 Å². The van der Waals surface area contributed by atoms with E-state index in [1.807, 2.05) is 4.57 Å². The molecule has 156 valence electrons. The summed E-state index contributed by atoms with van der Waals surface area (Å²) < 4.78 is 52.7. The van der Waals surface area contributed by atoms with E-state index in [4.69, 9.17) is 21.1 Å². The van der Waals surface area contributed by atoms with Crippen LogP contribution in [0.1, 0.15) is 37.2 Å². The van der Waals surface area contributed by atoms with Crippen LogP contribution in [0, 0.1) is 11.3 Å². The molecule has 0 amide bonds. The Morgan fingerprint density at radius 1 is 1.31 bits per heavy atom. The maximum atomic E-state index is 13.2. The maximum Gasteiger partial charge on any atom is 0.397 e. The number of hydrogen-bond donors (Lipinski definition) is 0. The molecule has 5 nitrogen and oxygen atoms in total. The fourth-order valence-electron chi connectivity index (χ4n) is 3.12. The molecule has 9 heteroatoms. The van der Waals surface area contributed by atoms with Crippen molar-refractivity contribution >= 4 is 11.6 Å². The zero-order valence-electron chi connectivity index (χ0n) is 16.1. The van der Waals surface area contributed by atoms with Gasteiger partial charge < -0.3 is 9.47 Å². The molecule has 1 aliphatic rings. The molecular formula is C20H21ClF3N3O2. The van der Waals surface area contributed by atoms with Gasteiger partial charge in [0, 0.05) is 5.88 Å². The van der Waals surface area contributed by atoms with Crippen LogP contribution in [-0.4, -0.2) is 34.3 Å². The van der Waals surface area contributed by atoms with Gasteiger partial charge in [-0.15, -0.1) is 11.6 Å². The molecule has 0 unspecified atom stereocenters. The van der Waals surface area contributed by atoms with E-state index < -0.39 is 11.6 Å². The summed E-state index contributed by atoms with van der Waals surface area (Å²) in [5, 5.41) is 9.21. The predicted molar refractivity (Wildman–Crippen MR) is 101 cm³/mol. The molecule has 29 heavy (non-hydrogen) atoms. The van der Waals surface area contributed by atoms with E-state index in [1.165, 1.54) is 24.3 Å². The summed E-state index contributed by atoms with van der Waals surface area (Å²) in [6.07, 6.45) is -3.28. The Morgan fingerprint density at radius 3 is 2.59 bits per heavy atom. The number of nitriles is 1. The minimum absolute atomic E-state index is 0.169. The van der Waals surface area contributed by atoms with E-state index in [9.17, 15) is 18.4 Å². The highest BCUT2D eigenvalue weighted by atomic mass is 35.5. The molecule has 0 saturated heterocycles. The van der Waals surface area contributed by atoms with Crippen LogP contribution in [-0.2, 0) is 18.4 Å². The van der Waals surface area contributed by atoms with Crippen LogP contribution in [0.4, 0.5) is 13.2 Å². The van der Waals surface area contributed by atoms with E-state index in [-0.39, 0.29) is 18.3 Å². The van der Waals surface area contributed by atoms with Crippen molar-refractivity contribution in [2.45, 2.75) is 50.9 Å². The normalized spacial score (nSPS) is 16.2. The SMILES string of the molecule is CC(C)(c1ccc(OC[C@@H]2Cn3c(nc(C#N)c3CCCCl)O2)cc1)C(F)(F)F. The molecule has 2 aromatic rings. The third-order valence-corrected chi connectivity index (χ3v) is 5.34. The fraction of sp³-hybridized carbons (Fsp3) is 0.500. The average molecular weight is 428 g/mol. The number of imidazole rings is 1. The zero-order valence-corrected chi connectivity index (χ0v) is 16.8. The molecule has 1 aromatic carbocycles. The first-order chi connectivity index (χ1) is 13.7. The molecule has 1 aliphatic heterocycles. The lowest BCUT2D eigenvalue weighted by atomic mass is 9.84. The summed E-state index contributed by atoms with van der Waals surface area (Å²) in [7, 11) is 0. The largest absolute Gasteiger partial charge is 0.490 e. The number of benzene rings is 1. The Kier molecular flexibility index (Phi) is 5.99. The molecule has 0 saturated carbocycles. The lowest BCUT2D eigenvalue weighted by Crippen LogP contribution is -2.36. The molecule has 1 atom stereocenters. The quantitative estimate of drug-likeness (QED) is 0.605. The van der Waals surface area contributed by atoms with Gasteiger partial charge in [-0.3, -0.25) is 4.57 Å². The Bertz CT molecular complexity index is 901. The number of fused-ring (bicyclic) bond motifs is 1. The second-order valence-corrected chi connectivity index (χ2v) is 7.78. The Morgan fingerprint density at radius 2 is 2.00 bits per heavy atom. The fourth-order valence-corrected chi connectivity index (χ4v) is 3.25. The van der Waals surface area contributed by atoms with Gasteiger partial charge in [-0.25, -0.2) is 0 Å². The Labute approximate surface area is 172 Å². The third-order valence-electron chi connectivity index (χ3n) is 5.07. The van der Waals surface area contributed by atoms with Crippen LogP contribution in [0.2, 0.25) is 0 Å². The van der Waals surface area contributed by atoms with Crippen LogP contribution in [0.3, 0.4) is 0 Å². The predicted octanol–water partition coefficient (Wildman–Crippen LogP) is 4.61. The highest BCUT2D eigenvalue weighted by Gasteiger charge is 2.48. The Balaban J connectivity index is 1.61. The summed E-state index contributed by atoms with van der Waals surface area (Å²) in [5.74, 6) is 0.944. The van der Waals surface area contributed by atoms with Gasteiger partial charge in [0.1, 0.15) is 18.4 Å². The van der Waals surface area contributed by atoms with Crippen molar-refractivity contribution in [3.05, 3.63) is 41.2 Å². The smallest absolute Gasteiger partial charge is 0.397 e. The molecule has 0 bridgehead atoms. The van der Waals surface area contributed by atoms with Crippen molar-refractivity contribution < 1.29 is 22.6 Å². The van der Waals surface area contributed by atoms with Gasteiger partial charge in [-0.1, -0.05) is 12.1 Å². The zero-order chi connectivity index (χ0) is 21.2. The molecule has 2 heterocycles. The van der Waals surface area contributed by atoms with Crippen molar-refractivity contribution in [2.75, 3.05) is 12.5 Å². The van der Waals surface area contributed by atoms with Gasteiger partial charge in [0.2, 0.25) is 0 Å². The van der Waals surface area contributed by atoms with E-state index in [1.54, 1.807) is 0 Å². The minimum Gasteiger partial charge on any atom is -0.490 e. The molecule has 0 N–H and O–H groups in total. The summed E-state index contributed by atoms with van der Waals surface area (Å²) in [6, 6.07) is 8.34. The number of ether oxygens (including phenoxy) is 2.